The van der Waals surface area contributed by atoms with Crippen molar-refractivity contribution in [3.8, 4) is 5.88 Å². The smallest absolute Gasteiger partial charge is 0.416 e. The van der Waals surface area contributed by atoms with Crippen LogP contribution in [0.15, 0.2) is 24.3 Å². The highest BCUT2D eigenvalue weighted by Gasteiger charge is 2.33. The van der Waals surface area contributed by atoms with Gasteiger partial charge in [0.1, 0.15) is 17.3 Å². The van der Waals surface area contributed by atoms with E-state index in [1.54, 1.807) is 26.0 Å². The van der Waals surface area contributed by atoms with Crippen molar-refractivity contribution in [1.29, 1.82) is 0 Å². The van der Waals surface area contributed by atoms with Crippen LogP contribution >= 0.6 is 0 Å². The Morgan fingerprint density at radius 2 is 1.80 bits per heavy atom. The number of aryl methyl sites for hydroxylation is 1. The summed E-state index contributed by atoms with van der Waals surface area (Å²) in [6.45, 7) is 5.50. The summed E-state index contributed by atoms with van der Waals surface area (Å²) in [7, 11) is -1.61. The van der Waals surface area contributed by atoms with Gasteiger partial charge in [0.2, 0.25) is 5.88 Å². The summed E-state index contributed by atoms with van der Waals surface area (Å²) in [4.78, 5) is 15.3. The Bertz CT molecular complexity index is 1370. The lowest BCUT2D eigenvalue weighted by molar-refractivity contribution is -0.138. The Morgan fingerprint density at radius 1 is 1.11 bits per heavy atom. The van der Waals surface area contributed by atoms with Gasteiger partial charge in [-0.05, 0) is 44.0 Å². The van der Waals surface area contributed by atoms with Crippen molar-refractivity contribution in [3.05, 3.63) is 46.8 Å². The second-order valence-corrected chi connectivity index (χ2v) is 10.8. The Balaban J connectivity index is 1.75. The molecule has 0 aliphatic carbocycles. The van der Waals surface area contributed by atoms with E-state index in [2.05, 4.69) is 20.3 Å². The number of rotatable bonds is 5. The number of methoxy groups -OCH3 is 1. The van der Waals surface area contributed by atoms with Crippen LogP contribution in [0.1, 0.15) is 35.5 Å². The van der Waals surface area contributed by atoms with Crippen LogP contribution in [0.3, 0.4) is 0 Å². The summed E-state index contributed by atoms with van der Waals surface area (Å²) in [6.07, 6.45) is -4.45. The van der Waals surface area contributed by atoms with Gasteiger partial charge in [-0.2, -0.15) is 18.2 Å². The fourth-order valence-electron chi connectivity index (χ4n) is 4.29. The predicted octanol–water partition coefficient (Wildman–Crippen LogP) is 4.08. The van der Waals surface area contributed by atoms with E-state index in [1.807, 2.05) is 4.90 Å². The minimum Gasteiger partial charge on any atom is -0.479 e. The van der Waals surface area contributed by atoms with Gasteiger partial charge in [0.05, 0.1) is 35.6 Å². The SMILES string of the molecule is COc1nc2nc(C)nc(N[C@H](C)c3cccc(C(F)(F)F)c3C)c2cc1N1CCS(=O)(=O)CC1. The molecule has 1 atom stereocenters. The van der Waals surface area contributed by atoms with Crippen molar-refractivity contribution >= 4 is 32.4 Å². The van der Waals surface area contributed by atoms with Gasteiger partial charge in [0.25, 0.3) is 0 Å². The number of pyridine rings is 1. The standard InChI is InChI=1S/C23H26F3N5O3S/c1-13-16(6-5-7-18(13)23(24,25)26)14(2)27-20-17-12-19(31-8-10-35(32,33)11-9-31)22(34-4)30-21(17)29-15(3)28-20/h5-7,12,14H,8-11H2,1-4H3,(H,27,28,29,30)/t14-/m1/s1. The summed E-state index contributed by atoms with van der Waals surface area (Å²) in [6, 6.07) is 5.39. The first-order valence-corrected chi connectivity index (χ1v) is 12.8. The van der Waals surface area contributed by atoms with E-state index in [1.165, 1.54) is 20.1 Å². The first-order chi connectivity index (χ1) is 16.4. The Labute approximate surface area is 201 Å². The highest BCUT2D eigenvalue weighted by atomic mass is 32.2. The van der Waals surface area contributed by atoms with Crippen molar-refractivity contribution in [3.63, 3.8) is 0 Å². The lowest BCUT2D eigenvalue weighted by atomic mass is 9.97. The Morgan fingerprint density at radius 3 is 2.43 bits per heavy atom. The van der Waals surface area contributed by atoms with Crippen LogP contribution in [-0.2, 0) is 16.0 Å². The number of benzene rings is 1. The van der Waals surface area contributed by atoms with Gasteiger partial charge in [-0.15, -0.1) is 0 Å². The molecule has 8 nitrogen and oxygen atoms in total. The number of halogens is 3. The summed E-state index contributed by atoms with van der Waals surface area (Å²) < 4.78 is 69.5. The number of fused-ring (bicyclic) bond motifs is 1. The molecule has 0 saturated carbocycles. The van der Waals surface area contributed by atoms with E-state index >= 15 is 0 Å². The van der Waals surface area contributed by atoms with Crippen molar-refractivity contribution in [2.45, 2.75) is 33.0 Å². The van der Waals surface area contributed by atoms with Crippen molar-refractivity contribution in [2.24, 2.45) is 0 Å². The van der Waals surface area contributed by atoms with E-state index in [-0.39, 0.29) is 17.1 Å². The average molecular weight is 510 g/mol. The number of sulfone groups is 1. The van der Waals surface area contributed by atoms with Crippen LogP contribution in [0.4, 0.5) is 24.7 Å². The van der Waals surface area contributed by atoms with Gasteiger partial charge in [-0.1, -0.05) is 12.1 Å². The zero-order valence-electron chi connectivity index (χ0n) is 19.8. The molecular weight excluding hydrogens is 483 g/mol. The maximum absolute atomic E-state index is 13.4. The van der Waals surface area contributed by atoms with E-state index < -0.39 is 27.6 Å². The maximum atomic E-state index is 13.4. The molecule has 1 aliphatic heterocycles. The number of nitrogens with one attached hydrogen (secondary N) is 1. The topological polar surface area (TPSA) is 97.3 Å². The van der Waals surface area contributed by atoms with Crippen LogP contribution in [-0.4, -0.2) is 55.1 Å². The van der Waals surface area contributed by atoms with Gasteiger partial charge >= 0.3 is 6.18 Å². The van der Waals surface area contributed by atoms with E-state index in [4.69, 9.17) is 4.74 Å². The van der Waals surface area contributed by atoms with Crippen molar-refractivity contribution in [2.75, 3.05) is 41.9 Å². The van der Waals surface area contributed by atoms with Gasteiger partial charge in [0, 0.05) is 13.1 Å². The van der Waals surface area contributed by atoms with Crippen LogP contribution in [0, 0.1) is 13.8 Å². The molecule has 1 aliphatic rings. The Hall–Kier alpha value is -3.15. The molecule has 0 radical (unpaired) electrons. The summed E-state index contributed by atoms with van der Waals surface area (Å²) >= 11 is 0. The molecule has 1 aromatic carbocycles. The number of hydrogen-bond donors (Lipinski definition) is 1. The molecule has 1 fully saturated rings. The van der Waals surface area contributed by atoms with Crippen LogP contribution < -0.4 is 15.0 Å². The van der Waals surface area contributed by atoms with E-state index in [9.17, 15) is 21.6 Å². The number of ether oxygens (including phenoxy) is 1. The molecule has 12 heteroatoms. The molecule has 35 heavy (non-hydrogen) atoms. The molecule has 2 aromatic heterocycles. The van der Waals surface area contributed by atoms with Crippen molar-refractivity contribution < 1.29 is 26.3 Å². The van der Waals surface area contributed by atoms with E-state index in [0.717, 1.165) is 6.07 Å². The molecule has 3 aromatic rings. The fraction of sp³-hybridized carbons (Fsp3) is 0.435. The molecule has 0 amide bonds. The number of hydrogen-bond acceptors (Lipinski definition) is 8. The molecule has 1 saturated heterocycles. The van der Waals surface area contributed by atoms with Crippen LogP contribution in [0.5, 0.6) is 5.88 Å². The van der Waals surface area contributed by atoms with Gasteiger partial charge < -0.3 is 15.0 Å². The molecule has 1 N–H and O–H groups in total. The largest absolute Gasteiger partial charge is 0.479 e. The molecule has 188 valence electrons. The zero-order chi connectivity index (χ0) is 25.5. The second kappa shape index (κ2) is 9.14. The third-order valence-electron chi connectivity index (χ3n) is 6.12. The lowest BCUT2D eigenvalue weighted by Crippen LogP contribution is -2.40. The average Bonchev–Trinajstić information content (AvgIpc) is 2.77. The fourth-order valence-corrected chi connectivity index (χ4v) is 5.49. The first kappa shape index (κ1) is 25.0. The summed E-state index contributed by atoms with van der Waals surface area (Å²) in [5.74, 6) is 1.20. The van der Waals surface area contributed by atoms with Gasteiger partial charge in [0.15, 0.2) is 15.5 Å². The quantitative estimate of drug-likeness (QED) is 0.550. The van der Waals surface area contributed by atoms with Gasteiger partial charge in [-0.3, -0.25) is 0 Å². The summed E-state index contributed by atoms with van der Waals surface area (Å²) in [5.41, 5.74) is 0.921. The third-order valence-corrected chi connectivity index (χ3v) is 7.73. The monoisotopic (exact) mass is 509 g/mol. The maximum Gasteiger partial charge on any atom is 0.416 e. The number of anilines is 2. The summed E-state index contributed by atoms with van der Waals surface area (Å²) in [5, 5.41) is 3.78. The highest BCUT2D eigenvalue weighted by molar-refractivity contribution is 7.91. The van der Waals surface area contributed by atoms with E-state index in [0.29, 0.717) is 52.9 Å². The van der Waals surface area contributed by atoms with Crippen LogP contribution in [0.2, 0.25) is 0 Å². The molecule has 0 bridgehead atoms. The minimum atomic E-state index is -4.45. The molecule has 0 unspecified atom stereocenters. The Kier molecular flexibility index (Phi) is 6.52. The zero-order valence-corrected chi connectivity index (χ0v) is 20.6. The highest BCUT2D eigenvalue weighted by Crippen LogP contribution is 2.37. The third kappa shape index (κ3) is 5.12. The first-order valence-electron chi connectivity index (χ1n) is 11.0. The lowest BCUT2D eigenvalue weighted by Gasteiger charge is -2.29. The van der Waals surface area contributed by atoms with Gasteiger partial charge in [-0.25, -0.2) is 18.4 Å². The molecule has 0 spiro atoms. The number of nitrogens with zero attached hydrogens (tertiary/aromatic N) is 4. The minimum absolute atomic E-state index is 0.0234. The van der Waals surface area contributed by atoms with Crippen LogP contribution in [0.25, 0.3) is 11.0 Å². The van der Waals surface area contributed by atoms with Crippen molar-refractivity contribution in [1.82, 2.24) is 15.0 Å². The second-order valence-electron chi connectivity index (χ2n) is 8.53. The molecular formula is C23H26F3N5O3S. The normalized spacial score (nSPS) is 16.8. The predicted molar refractivity (Wildman–Crippen MR) is 128 cm³/mol. The molecule has 3 heterocycles. The number of alkyl halides is 3. The number of aromatic nitrogens is 3. The molecule has 4 rings (SSSR count).